The molecule has 0 heterocycles. The fraction of sp³-hybridized carbons (Fsp3) is 0.667. The van der Waals surface area contributed by atoms with E-state index in [1.807, 2.05) is 0 Å². The summed E-state index contributed by atoms with van der Waals surface area (Å²) in [6, 6.07) is 9.05. The summed E-state index contributed by atoms with van der Waals surface area (Å²) < 4.78 is 5.64. The molecule has 0 aliphatic heterocycles. The third kappa shape index (κ3) is 2.91. The highest BCUT2D eigenvalue weighted by molar-refractivity contribution is 5.34. The highest BCUT2D eigenvalue weighted by Gasteiger charge is 2.32. The summed E-state index contributed by atoms with van der Waals surface area (Å²) in [4.78, 5) is 0. The molecule has 1 aromatic rings. The van der Waals surface area contributed by atoms with E-state index >= 15 is 0 Å². The van der Waals surface area contributed by atoms with Crippen LogP contribution in [0.5, 0.6) is 0 Å². The number of nitrogens with two attached hydrogens (primary N) is 1. The summed E-state index contributed by atoms with van der Waals surface area (Å²) in [5.74, 6) is 1.53. The fourth-order valence-electron chi connectivity index (χ4n) is 3.66. The molecule has 2 saturated carbocycles. The Bertz CT molecular complexity index is 435. The highest BCUT2D eigenvalue weighted by Crippen LogP contribution is 2.41. The van der Waals surface area contributed by atoms with Gasteiger partial charge in [0.2, 0.25) is 0 Å². The fourth-order valence-corrected chi connectivity index (χ4v) is 3.66. The predicted octanol–water partition coefficient (Wildman–Crippen LogP) is 4.16. The van der Waals surface area contributed by atoms with E-state index in [-0.39, 0.29) is 6.04 Å². The van der Waals surface area contributed by atoms with Gasteiger partial charge in [-0.2, -0.15) is 0 Å². The van der Waals surface area contributed by atoms with Crippen molar-refractivity contribution in [2.24, 2.45) is 11.7 Å². The first-order valence-corrected chi connectivity index (χ1v) is 8.24. The number of rotatable bonds is 6. The van der Waals surface area contributed by atoms with Crippen LogP contribution in [0.2, 0.25) is 0 Å². The number of ether oxygens (including phenoxy) is 1. The molecule has 0 saturated heterocycles. The Hall–Kier alpha value is -0.860. The monoisotopic (exact) mass is 273 g/mol. The molecule has 2 N–H and O–H groups in total. The van der Waals surface area contributed by atoms with E-state index in [2.05, 4.69) is 31.2 Å². The van der Waals surface area contributed by atoms with Crippen LogP contribution in [0.25, 0.3) is 0 Å². The third-order valence-corrected chi connectivity index (χ3v) is 5.12. The number of hydrogen-bond acceptors (Lipinski definition) is 2. The van der Waals surface area contributed by atoms with Gasteiger partial charge in [-0.3, -0.25) is 0 Å². The van der Waals surface area contributed by atoms with E-state index in [4.69, 9.17) is 10.5 Å². The molecule has 2 aliphatic rings. The molecule has 0 bridgehead atoms. The van der Waals surface area contributed by atoms with Gasteiger partial charge in [-0.15, -0.1) is 0 Å². The first-order chi connectivity index (χ1) is 9.78. The van der Waals surface area contributed by atoms with Crippen LogP contribution >= 0.6 is 0 Å². The van der Waals surface area contributed by atoms with E-state index in [9.17, 15) is 0 Å². The zero-order valence-corrected chi connectivity index (χ0v) is 12.6. The predicted molar refractivity (Wildman–Crippen MR) is 82.7 cm³/mol. The van der Waals surface area contributed by atoms with Gasteiger partial charge in [0.15, 0.2) is 0 Å². The second-order valence-electron chi connectivity index (χ2n) is 6.51. The van der Waals surface area contributed by atoms with E-state index < -0.39 is 0 Å². The zero-order valence-electron chi connectivity index (χ0n) is 12.6. The minimum atomic E-state index is 0.208. The van der Waals surface area contributed by atoms with Gasteiger partial charge in [0.1, 0.15) is 0 Å². The normalized spacial score (nSPS) is 27.7. The van der Waals surface area contributed by atoms with Gasteiger partial charge in [-0.25, -0.2) is 0 Å². The average Bonchev–Trinajstić information content (AvgIpc) is 2.35. The molecule has 20 heavy (non-hydrogen) atoms. The van der Waals surface area contributed by atoms with Crippen molar-refractivity contribution in [1.82, 2.24) is 0 Å². The second-order valence-corrected chi connectivity index (χ2v) is 6.51. The summed E-state index contributed by atoms with van der Waals surface area (Å²) >= 11 is 0. The third-order valence-electron chi connectivity index (χ3n) is 5.12. The van der Waals surface area contributed by atoms with Crippen molar-refractivity contribution in [3.63, 3.8) is 0 Å². The number of hydrogen-bond donors (Lipinski definition) is 1. The standard InChI is InChI=1S/C18H27NO/c1-2-20-15-10-13(11-15)12-18(19)17-9-4-3-8-16(17)14-6-5-7-14/h3-4,8-9,13-15,18H,2,5-7,10-12,19H2,1H3. The Balaban J connectivity index is 1.59. The maximum absolute atomic E-state index is 6.50. The van der Waals surface area contributed by atoms with Gasteiger partial charge < -0.3 is 10.5 Å². The second kappa shape index (κ2) is 6.28. The van der Waals surface area contributed by atoms with E-state index in [1.54, 1.807) is 0 Å². The lowest BCUT2D eigenvalue weighted by molar-refractivity contribution is -0.0282. The van der Waals surface area contributed by atoms with Gasteiger partial charge in [0.25, 0.3) is 0 Å². The molecule has 3 rings (SSSR count). The maximum Gasteiger partial charge on any atom is 0.0580 e. The molecule has 2 heteroatoms. The largest absolute Gasteiger partial charge is 0.378 e. The van der Waals surface area contributed by atoms with Crippen LogP contribution in [0.3, 0.4) is 0 Å². The van der Waals surface area contributed by atoms with E-state index in [0.717, 1.165) is 24.9 Å². The van der Waals surface area contributed by atoms with Gasteiger partial charge in [0, 0.05) is 12.6 Å². The minimum absolute atomic E-state index is 0.208. The molecule has 0 amide bonds. The van der Waals surface area contributed by atoms with Crippen molar-refractivity contribution >= 4 is 0 Å². The zero-order chi connectivity index (χ0) is 13.9. The van der Waals surface area contributed by atoms with Crippen LogP contribution in [0.15, 0.2) is 24.3 Å². The summed E-state index contributed by atoms with van der Waals surface area (Å²) in [5.41, 5.74) is 9.42. The Kier molecular flexibility index (Phi) is 4.42. The molecule has 110 valence electrons. The van der Waals surface area contributed by atoms with Crippen LogP contribution in [0.4, 0.5) is 0 Å². The summed E-state index contributed by atoms with van der Waals surface area (Å²) in [6.07, 6.45) is 8.10. The van der Waals surface area contributed by atoms with Crippen LogP contribution < -0.4 is 5.73 Å². The van der Waals surface area contributed by atoms with Gasteiger partial charge in [-0.05, 0) is 62.0 Å². The first-order valence-electron chi connectivity index (χ1n) is 8.24. The highest BCUT2D eigenvalue weighted by atomic mass is 16.5. The molecular formula is C18H27NO. The Morgan fingerprint density at radius 3 is 2.65 bits per heavy atom. The summed E-state index contributed by atoms with van der Waals surface area (Å²) in [6.45, 7) is 2.92. The van der Waals surface area contributed by atoms with Crippen molar-refractivity contribution in [2.75, 3.05) is 6.61 Å². The molecule has 1 atom stereocenters. The van der Waals surface area contributed by atoms with Crippen molar-refractivity contribution in [3.8, 4) is 0 Å². The van der Waals surface area contributed by atoms with E-state index in [1.165, 1.54) is 43.2 Å². The van der Waals surface area contributed by atoms with Crippen LogP contribution in [-0.2, 0) is 4.74 Å². The van der Waals surface area contributed by atoms with Crippen LogP contribution in [0.1, 0.15) is 68.5 Å². The van der Waals surface area contributed by atoms with Gasteiger partial charge in [-0.1, -0.05) is 30.7 Å². The molecule has 2 nitrogen and oxygen atoms in total. The van der Waals surface area contributed by atoms with Crippen LogP contribution in [-0.4, -0.2) is 12.7 Å². The van der Waals surface area contributed by atoms with Crippen molar-refractivity contribution in [3.05, 3.63) is 35.4 Å². The van der Waals surface area contributed by atoms with Gasteiger partial charge in [0.05, 0.1) is 6.10 Å². The molecule has 2 aliphatic carbocycles. The topological polar surface area (TPSA) is 35.2 Å². The lowest BCUT2D eigenvalue weighted by Gasteiger charge is -2.37. The molecule has 1 aromatic carbocycles. The van der Waals surface area contributed by atoms with Crippen LogP contribution in [0, 0.1) is 5.92 Å². The lowest BCUT2D eigenvalue weighted by Crippen LogP contribution is -2.33. The summed E-state index contributed by atoms with van der Waals surface area (Å²) in [5, 5.41) is 0. The quantitative estimate of drug-likeness (QED) is 0.844. The Morgan fingerprint density at radius 1 is 1.25 bits per heavy atom. The number of benzene rings is 1. The molecule has 0 aromatic heterocycles. The molecule has 2 fully saturated rings. The maximum atomic E-state index is 6.50. The molecule has 0 radical (unpaired) electrons. The van der Waals surface area contributed by atoms with Crippen molar-refractivity contribution < 1.29 is 4.74 Å². The molecule has 1 unspecified atom stereocenters. The SMILES string of the molecule is CCOC1CC(CC(N)c2ccccc2C2CCC2)C1. The van der Waals surface area contributed by atoms with Gasteiger partial charge >= 0.3 is 0 Å². The molecule has 0 spiro atoms. The minimum Gasteiger partial charge on any atom is -0.378 e. The average molecular weight is 273 g/mol. The smallest absolute Gasteiger partial charge is 0.0580 e. The molecular weight excluding hydrogens is 246 g/mol. The first kappa shape index (κ1) is 14.1. The Labute approximate surface area is 122 Å². The summed E-state index contributed by atoms with van der Waals surface area (Å²) in [7, 11) is 0. The van der Waals surface area contributed by atoms with Crippen molar-refractivity contribution in [2.45, 2.75) is 63.5 Å². The van der Waals surface area contributed by atoms with E-state index in [0.29, 0.717) is 6.10 Å². The Morgan fingerprint density at radius 2 is 2.00 bits per heavy atom. The lowest BCUT2D eigenvalue weighted by atomic mass is 9.74. The van der Waals surface area contributed by atoms with Crippen molar-refractivity contribution in [1.29, 1.82) is 0 Å².